The quantitative estimate of drug-likeness (QED) is 0.846. The standard InChI is InChI=1S/C15H17F3N4O/c1-8(15(16,17)18)13-12(20)14(9(2)23)22(21-13)11-5-3-10(7-19)4-6-11/h3-6,8H,7,19-20H2,1-2H3. The molecule has 0 fully saturated rings. The summed E-state index contributed by atoms with van der Waals surface area (Å²) in [5, 5.41) is 3.94. The van der Waals surface area contributed by atoms with Gasteiger partial charge in [0.25, 0.3) is 0 Å². The number of anilines is 1. The van der Waals surface area contributed by atoms with E-state index in [1.54, 1.807) is 24.3 Å². The molecule has 4 N–H and O–H groups in total. The number of alkyl halides is 3. The van der Waals surface area contributed by atoms with E-state index in [1.807, 2.05) is 0 Å². The molecule has 8 heteroatoms. The summed E-state index contributed by atoms with van der Waals surface area (Å²) in [6.45, 7) is 2.53. The normalized spacial score (nSPS) is 13.1. The molecule has 1 aromatic heterocycles. The first-order chi connectivity index (χ1) is 10.7. The number of carbonyl (C=O) groups is 1. The molecule has 0 saturated heterocycles. The number of benzene rings is 1. The molecule has 5 nitrogen and oxygen atoms in total. The minimum Gasteiger partial charge on any atom is -0.395 e. The summed E-state index contributed by atoms with van der Waals surface area (Å²) in [6, 6.07) is 6.68. The van der Waals surface area contributed by atoms with Crippen LogP contribution in [0.5, 0.6) is 0 Å². The van der Waals surface area contributed by atoms with Gasteiger partial charge in [-0.25, -0.2) is 4.68 Å². The average Bonchev–Trinajstić information content (AvgIpc) is 2.83. The van der Waals surface area contributed by atoms with Crippen molar-refractivity contribution in [2.24, 2.45) is 5.73 Å². The Kier molecular flexibility index (Phi) is 4.46. The molecule has 23 heavy (non-hydrogen) atoms. The van der Waals surface area contributed by atoms with E-state index in [2.05, 4.69) is 5.10 Å². The van der Waals surface area contributed by atoms with Crippen molar-refractivity contribution in [2.75, 3.05) is 5.73 Å². The predicted molar refractivity (Wildman–Crippen MR) is 80.3 cm³/mol. The molecule has 0 bridgehead atoms. The highest BCUT2D eigenvalue weighted by Gasteiger charge is 2.41. The minimum atomic E-state index is -4.50. The van der Waals surface area contributed by atoms with Crippen molar-refractivity contribution in [1.82, 2.24) is 9.78 Å². The van der Waals surface area contributed by atoms with Gasteiger partial charge in [-0.1, -0.05) is 12.1 Å². The van der Waals surface area contributed by atoms with E-state index in [9.17, 15) is 18.0 Å². The van der Waals surface area contributed by atoms with Crippen LogP contribution in [-0.2, 0) is 6.54 Å². The van der Waals surface area contributed by atoms with Crippen LogP contribution in [0.25, 0.3) is 5.69 Å². The number of nitrogen functional groups attached to an aromatic ring is 1. The van der Waals surface area contributed by atoms with Crippen molar-refractivity contribution in [3.8, 4) is 5.69 Å². The molecule has 1 unspecified atom stereocenters. The second-order valence-corrected chi connectivity index (χ2v) is 5.25. The Morgan fingerprint density at radius 3 is 2.30 bits per heavy atom. The van der Waals surface area contributed by atoms with E-state index in [0.29, 0.717) is 12.2 Å². The van der Waals surface area contributed by atoms with Crippen LogP contribution >= 0.6 is 0 Å². The van der Waals surface area contributed by atoms with E-state index in [1.165, 1.54) is 6.92 Å². The Morgan fingerprint density at radius 2 is 1.87 bits per heavy atom. The molecule has 124 valence electrons. The Labute approximate surface area is 131 Å². The molecule has 1 heterocycles. The molecule has 0 amide bonds. The van der Waals surface area contributed by atoms with Crippen molar-refractivity contribution >= 4 is 11.5 Å². The summed E-state index contributed by atoms with van der Waals surface area (Å²) in [4.78, 5) is 11.8. The fraction of sp³-hybridized carbons (Fsp3) is 0.333. The molecule has 0 radical (unpaired) electrons. The lowest BCUT2D eigenvalue weighted by Gasteiger charge is -2.13. The first kappa shape index (κ1) is 17.0. The largest absolute Gasteiger partial charge is 0.397 e. The molecule has 0 saturated carbocycles. The number of nitrogens with zero attached hydrogens (tertiary/aromatic N) is 2. The van der Waals surface area contributed by atoms with Crippen LogP contribution in [0.2, 0.25) is 0 Å². The molecule has 2 aromatic rings. The van der Waals surface area contributed by atoms with Crippen LogP contribution in [0, 0.1) is 0 Å². The molecule has 1 aromatic carbocycles. The van der Waals surface area contributed by atoms with E-state index in [4.69, 9.17) is 11.5 Å². The van der Waals surface area contributed by atoms with Gasteiger partial charge in [0.2, 0.25) is 0 Å². The molecule has 1 atom stereocenters. The number of aromatic nitrogens is 2. The lowest BCUT2D eigenvalue weighted by Crippen LogP contribution is -2.19. The smallest absolute Gasteiger partial charge is 0.395 e. The first-order valence-electron chi connectivity index (χ1n) is 6.92. The van der Waals surface area contributed by atoms with Gasteiger partial charge in [0.05, 0.1) is 23.0 Å². The maximum atomic E-state index is 13.0. The Bertz CT molecular complexity index is 720. The van der Waals surface area contributed by atoms with Crippen LogP contribution in [0.3, 0.4) is 0 Å². The number of hydrogen-bond donors (Lipinski definition) is 2. The Morgan fingerprint density at radius 1 is 1.30 bits per heavy atom. The summed E-state index contributed by atoms with van der Waals surface area (Å²) in [5.74, 6) is -2.33. The average molecular weight is 326 g/mol. The lowest BCUT2D eigenvalue weighted by atomic mass is 10.1. The predicted octanol–water partition coefficient (Wildman–Crippen LogP) is 2.78. The zero-order chi connectivity index (χ0) is 17.4. The van der Waals surface area contributed by atoms with Gasteiger partial charge in [-0.15, -0.1) is 0 Å². The van der Waals surface area contributed by atoms with E-state index in [0.717, 1.165) is 17.2 Å². The van der Waals surface area contributed by atoms with Crippen LogP contribution in [0.15, 0.2) is 24.3 Å². The van der Waals surface area contributed by atoms with Crippen LogP contribution in [0.1, 0.15) is 41.5 Å². The fourth-order valence-corrected chi connectivity index (χ4v) is 2.22. The van der Waals surface area contributed by atoms with Gasteiger partial charge in [-0.3, -0.25) is 4.79 Å². The molecule has 0 aliphatic heterocycles. The summed E-state index contributed by atoms with van der Waals surface area (Å²) in [7, 11) is 0. The summed E-state index contributed by atoms with van der Waals surface area (Å²) < 4.78 is 40.0. The topological polar surface area (TPSA) is 86.9 Å². The number of rotatable bonds is 4. The number of carbonyl (C=O) groups excluding carboxylic acids is 1. The highest BCUT2D eigenvalue weighted by Crippen LogP contribution is 2.38. The van der Waals surface area contributed by atoms with Gasteiger partial charge in [-0.2, -0.15) is 18.3 Å². The number of halogens is 3. The second-order valence-electron chi connectivity index (χ2n) is 5.25. The van der Waals surface area contributed by atoms with E-state index in [-0.39, 0.29) is 17.1 Å². The van der Waals surface area contributed by atoms with Crippen LogP contribution < -0.4 is 11.5 Å². The minimum absolute atomic E-state index is 0.0587. The zero-order valence-corrected chi connectivity index (χ0v) is 12.7. The van der Waals surface area contributed by atoms with Gasteiger partial charge >= 0.3 is 6.18 Å². The third-order valence-electron chi connectivity index (χ3n) is 3.60. The van der Waals surface area contributed by atoms with Crippen molar-refractivity contribution in [3.63, 3.8) is 0 Å². The molecule has 0 aliphatic carbocycles. The molecule has 2 rings (SSSR count). The van der Waals surface area contributed by atoms with Gasteiger partial charge < -0.3 is 11.5 Å². The lowest BCUT2D eigenvalue weighted by molar-refractivity contribution is -0.147. The van der Waals surface area contributed by atoms with E-state index < -0.39 is 17.9 Å². The number of ketones is 1. The summed E-state index contributed by atoms with van der Waals surface area (Å²) in [5.41, 5.74) is 11.9. The number of nitrogens with two attached hydrogens (primary N) is 2. The number of Topliss-reactive ketones (excluding diaryl/α,β-unsaturated/α-hetero) is 1. The molecule has 0 spiro atoms. The Balaban J connectivity index is 2.61. The van der Waals surface area contributed by atoms with Crippen molar-refractivity contribution in [1.29, 1.82) is 0 Å². The fourth-order valence-electron chi connectivity index (χ4n) is 2.22. The second kappa shape index (κ2) is 6.04. The van der Waals surface area contributed by atoms with Gasteiger partial charge in [0.15, 0.2) is 5.78 Å². The monoisotopic (exact) mass is 326 g/mol. The number of hydrogen-bond acceptors (Lipinski definition) is 4. The van der Waals surface area contributed by atoms with Crippen LogP contribution in [-0.4, -0.2) is 21.7 Å². The van der Waals surface area contributed by atoms with Crippen molar-refractivity contribution in [2.45, 2.75) is 32.5 Å². The highest BCUT2D eigenvalue weighted by molar-refractivity contribution is 5.98. The van der Waals surface area contributed by atoms with Crippen molar-refractivity contribution in [3.05, 3.63) is 41.2 Å². The third kappa shape index (κ3) is 3.21. The first-order valence-corrected chi connectivity index (χ1v) is 6.92. The molecule has 0 aliphatic rings. The third-order valence-corrected chi connectivity index (χ3v) is 3.60. The van der Waals surface area contributed by atoms with E-state index >= 15 is 0 Å². The summed E-state index contributed by atoms with van der Waals surface area (Å²) >= 11 is 0. The van der Waals surface area contributed by atoms with Gasteiger partial charge in [0, 0.05) is 13.5 Å². The highest BCUT2D eigenvalue weighted by atomic mass is 19.4. The van der Waals surface area contributed by atoms with Crippen LogP contribution in [0.4, 0.5) is 18.9 Å². The summed E-state index contributed by atoms with van der Waals surface area (Å²) in [6.07, 6.45) is -4.50. The maximum absolute atomic E-state index is 13.0. The maximum Gasteiger partial charge on any atom is 0.397 e. The Hall–Kier alpha value is -2.35. The van der Waals surface area contributed by atoms with Gasteiger partial charge in [0.1, 0.15) is 5.69 Å². The zero-order valence-electron chi connectivity index (χ0n) is 12.7. The molecular formula is C15H17F3N4O. The SMILES string of the molecule is CC(=O)c1c(N)c(C(C)C(F)(F)F)nn1-c1ccc(CN)cc1. The molecular weight excluding hydrogens is 309 g/mol. The van der Waals surface area contributed by atoms with Crippen molar-refractivity contribution < 1.29 is 18.0 Å². The van der Waals surface area contributed by atoms with Gasteiger partial charge in [-0.05, 0) is 24.6 Å².